The Bertz CT molecular complexity index is 873. The Morgan fingerprint density at radius 2 is 2.14 bits per heavy atom. The number of thioether (sulfide) groups is 1. The number of thiophene rings is 1. The van der Waals surface area contributed by atoms with Gasteiger partial charge in [-0.25, -0.2) is 13.8 Å². The molecule has 0 saturated carbocycles. The minimum Gasteiger partial charge on any atom is -0.290 e. The third-order valence-corrected chi connectivity index (χ3v) is 5.01. The Morgan fingerprint density at radius 3 is 2.95 bits per heavy atom. The number of rotatable bonds is 3. The van der Waals surface area contributed by atoms with Crippen molar-refractivity contribution in [3.8, 4) is 0 Å². The van der Waals surface area contributed by atoms with E-state index in [0.29, 0.717) is 15.4 Å². The van der Waals surface area contributed by atoms with Crippen LogP contribution in [0.1, 0.15) is 5.56 Å². The molecule has 108 valence electrons. The van der Waals surface area contributed by atoms with E-state index in [-0.39, 0.29) is 16.9 Å². The predicted octanol–water partition coefficient (Wildman–Crippen LogP) is 3.57. The van der Waals surface area contributed by atoms with Gasteiger partial charge >= 0.3 is 0 Å². The van der Waals surface area contributed by atoms with E-state index in [1.807, 2.05) is 0 Å². The van der Waals surface area contributed by atoms with Gasteiger partial charge in [-0.2, -0.15) is 0 Å². The summed E-state index contributed by atoms with van der Waals surface area (Å²) in [5, 5.41) is 2.29. The molecule has 0 bridgehead atoms. The third kappa shape index (κ3) is 2.58. The molecule has 0 amide bonds. The Morgan fingerprint density at radius 1 is 1.33 bits per heavy atom. The third-order valence-electron chi connectivity index (χ3n) is 3.03. The fourth-order valence-corrected chi connectivity index (χ4v) is 3.65. The van der Waals surface area contributed by atoms with Crippen LogP contribution in [0.2, 0.25) is 0 Å². The lowest BCUT2D eigenvalue weighted by Gasteiger charge is -2.07. The molecule has 1 aromatic carbocycles. The largest absolute Gasteiger partial charge is 0.290 e. The molecule has 0 aliphatic carbocycles. The van der Waals surface area contributed by atoms with Gasteiger partial charge in [0.05, 0.1) is 5.52 Å². The fourth-order valence-electron chi connectivity index (χ4n) is 1.90. The topological polar surface area (TPSA) is 34.9 Å². The molecule has 2 heterocycles. The number of benzene rings is 1. The van der Waals surface area contributed by atoms with Crippen LogP contribution in [0.15, 0.2) is 39.6 Å². The average molecular weight is 324 g/mol. The highest BCUT2D eigenvalue weighted by atomic mass is 32.2. The number of hydrogen-bond acceptors (Lipinski definition) is 4. The number of fused-ring (bicyclic) bond motifs is 1. The smallest absolute Gasteiger partial charge is 0.271 e. The van der Waals surface area contributed by atoms with E-state index in [1.54, 1.807) is 18.5 Å². The summed E-state index contributed by atoms with van der Waals surface area (Å²) in [6.07, 6.45) is 0. The minimum absolute atomic E-state index is 0.128. The van der Waals surface area contributed by atoms with Crippen molar-refractivity contribution < 1.29 is 8.78 Å². The highest BCUT2D eigenvalue weighted by molar-refractivity contribution is 7.98. The van der Waals surface area contributed by atoms with Gasteiger partial charge in [-0.15, -0.1) is 11.3 Å². The van der Waals surface area contributed by atoms with Crippen LogP contribution in [0.4, 0.5) is 8.78 Å². The van der Waals surface area contributed by atoms with Crippen molar-refractivity contribution in [2.24, 2.45) is 7.05 Å². The van der Waals surface area contributed by atoms with Gasteiger partial charge in [-0.1, -0.05) is 23.9 Å². The quantitative estimate of drug-likeness (QED) is 0.546. The second kappa shape index (κ2) is 5.57. The summed E-state index contributed by atoms with van der Waals surface area (Å²) in [5.41, 5.74) is 0.752. The molecule has 3 nitrogen and oxygen atoms in total. The molecule has 0 unspecified atom stereocenters. The molecule has 0 saturated heterocycles. The van der Waals surface area contributed by atoms with Crippen LogP contribution < -0.4 is 5.56 Å². The summed E-state index contributed by atoms with van der Waals surface area (Å²) >= 11 is 2.55. The number of aromatic nitrogens is 2. The van der Waals surface area contributed by atoms with Crippen LogP contribution in [0.3, 0.4) is 0 Å². The predicted molar refractivity (Wildman–Crippen MR) is 80.8 cm³/mol. The maximum absolute atomic E-state index is 13.6. The molecule has 3 aromatic rings. The molecule has 2 aromatic heterocycles. The summed E-state index contributed by atoms with van der Waals surface area (Å²) < 4.78 is 28.8. The maximum Gasteiger partial charge on any atom is 0.271 e. The zero-order valence-corrected chi connectivity index (χ0v) is 12.6. The monoisotopic (exact) mass is 324 g/mol. The molecule has 0 fully saturated rings. The van der Waals surface area contributed by atoms with E-state index in [1.165, 1.54) is 39.8 Å². The normalized spacial score (nSPS) is 11.2. The molecule has 0 radical (unpaired) electrons. The van der Waals surface area contributed by atoms with E-state index in [4.69, 9.17) is 0 Å². The van der Waals surface area contributed by atoms with Crippen LogP contribution >= 0.6 is 23.1 Å². The first-order valence-corrected chi connectivity index (χ1v) is 7.94. The maximum atomic E-state index is 13.6. The van der Waals surface area contributed by atoms with Crippen LogP contribution in [0.5, 0.6) is 0 Å². The van der Waals surface area contributed by atoms with Crippen LogP contribution in [0, 0.1) is 11.6 Å². The zero-order chi connectivity index (χ0) is 15.0. The Kier molecular flexibility index (Phi) is 3.77. The minimum atomic E-state index is -0.872. The van der Waals surface area contributed by atoms with Crippen LogP contribution in [-0.2, 0) is 12.8 Å². The van der Waals surface area contributed by atoms with Crippen molar-refractivity contribution >= 4 is 33.3 Å². The van der Waals surface area contributed by atoms with E-state index < -0.39 is 11.6 Å². The molecule has 0 aliphatic heterocycles. The van der Waals surface area contributed by atoms with Gasteiger partial charge in [-0.05, 0) is 17.5 Å². The number of hydrogen-bond donors (Lipinski definition) is 0. The lowest BCUT2D eigenvalue weighted by molar-refractivity contribution is 0.502. The number of halogens is 2. The summed E-state index contributed by atoms with van der Waals surface area (Å²) in [5.74, 6) is -1.52. The second-order valence-electron chi connectivity index (χ2n) is 4.40. The Labute approximate surface area is 127 Å². The van der Waals surface area contributed by atoms with Crippen molar-refractivity contribution in [2.75, 3.05) is 0 Å². The molecular weight excluding hydrogens is 314 g/mol. The molecule has 0 N–H and O–H groups in total. The Hall–Kier alpha value is -1.73. The lowest BCUT2D eigenvalue weighted by atomic mass is 10.2. The van der Waals surface area contributed by atoms with Gasteiger partial charge in [0, 0.05) is 18.4 Å². The highest BCUT2D eigenvalue weighted by Crippen LogP contribution is 2.24. The van der Waals surface area contributed by atoms with E-state index in [0.717, 1.165) is 6.07 Å². The van der Waals surface area contributed by atoms with Gasteiger partial charge in [0.15, 0.2) is 16.8 Å². The number of nitrogens with zero attached hydrogens (tertiary/aromatic N) is 2. The van der Waals surface area contributed by atoms with Crippen molar-refractivity contribution in [2.45, 2.75) is 10.9 Å². The second-order valence-corrected chi connectivity index (χ2v) is 6.25. The van der Waals surface area contributed by atoms with Crippen molar-refractivity contribution in [1.82, 2.24) is 9.55 Å². The van der Waals surface area contributed by atoms with Crippen LogP contribution in [0.25, 0.3) is 10.2 Å². The van der Waals surface area contributed by atoms with E-state index >= 15 is 0 Å². The van der Waals surface area contributed by atoms with Crippen molar-refractivity contribution in [3.63, 3.8) is 0 Å². The summed E-state index contributed by atoms with van der Waals surface area (Å²) in [6, 6.07) is 5.83. The first kappa shape index (κ1) is 14.2. The zero-order valence-electron chi connectivity index (χ0n) is 11.0. The van der Waals surface area contributed by atoms with Crippen LogP contribution in [-0.4, -0.2) is 9.55 Å². The summed E-state index contributed by atoms with van der Waals surface area (Å²) in [4.78, 5) is 16.5. The average Bonchev–Trinajstić information content (AvgIpc) is 2.94. The molecule has 0 spiro atoms. The molecule has 3 rings (SSSR count). The molecule has 0 atom stereocenters. The van der Waals surface area contributed by atoms with Crippen molar-refractivity contribution in [3.05, 3.63) is 57.2 Å². The van der Waals surface area contributed by atoms with Crippen molar-refractivity contribution in [1.29, 1.82) is 0 Å². The van der Waals surface area contributed by atoms with E-state index in [9.17, 15) is 13.6 Å². The lowest BCUT2D eigenvalue weighted by Crippen LogP contribution is -2.18. The van der Waals surface area contributed by atoms with Gasteiger partial charge < -0.3 is 0 Å². The Balaban J connectivity index is 1.93. The highest BCUT2D eigenvalue weighted by Gasteiger charge is 2.12. The van der Waals surface area contributed by atoms with Gasteiger partial charge in [0.2, 0.25) is 0 Å². The SMILES string of the molecule is Cn1c(SCc2cccc(F)c2F)nc2ccsc2c1=O. The molecule has 7 heteroatoms. The molecular formula is C14H10F2N2OS2. The summed E-state index contributed by atoms with van der Waals surface area (Å²) in [7, 11) is 1.62. The van der Waals surface area contributed by atoms with E-state index in [2.05, 4.69) is 4.98 Å². The van der Waals surface area contributed by atoms with Gasteiger partial charge in [0.1, 0.15) is 4.70 Å². The molecule has 0 aliphatic rings. The first-order valence-electron chi connectivity index (χ1n) is 6.08. The first-order chi connectivity index (χ1) is 10.1. The van der Waals surface area contributed by atoms with Gasteiger partial charge in [-0.3, -0.25) is 9.36 Å². The fraction of sp³-hybridized carbons (Fsp3) is 0.143. The standard InChI is InChI=1S/C14H10F2N2OS2/c1-18-13(19)12-10(5-6-20-12)17-14(18)21-7-8-3-2-4-9(15)11(8)16/h2-6H,7H2,1H3. The molecule has 21 heavy (non-hydrogen) atoms. The van der Waals surface area contributed by atoms with Gasteiger partial charge in [0.25, 0.3) is 5.56 Å². The summed E-state index contributed by atoms with van der Waals surface area (Å²) in [6.45, 7) is 0.